The normalized spacial score (nSPS) is 12.6. The summed E-state index contributed by atoms with van der Waals surface area (Å²) in [7, 11) is 0. The Bertz CT molecular complexity index is 751. The van der Waals surface area contributed by atoms with E-state index in [1.165, 1.54) is 10.4 Å². The molecule has 4 heteroatoms. The molecule has 0 aliphatic heterocycles. The highest BCUT2D eigenvalue weighted by molar-refractivity contribution is 7.10. The van der Waals surface area contributed by atoms with Gasteiger partial charge in [0.2, 0.25) is 0 Å². The van der Waals surface area contributed by atoms with Crippen LogP contribution in [0.3, 0.4) is 0 Å². The number of aromatic nitrogens is 1. The van der Waals surface area contributed by atoms with E-state index in [0.717, 1.165) is 21.6 Å². The molecule has 1 atom stereocenters. The molecule has 3 rings (SSSR count). The summed E-state index contributed by atoms with van der Waals surface area (Å²) in [5, 5.41) is 7.39. The Labute approximate surface area is 127 Å². The first-order chi connectivity index (χ1) is 9.66. The van der Waals surface area contributed by atoms with Gasteiger partial charge < -0.3 is 5.32 Å². The summed E-state index contributed by atoms with van der Waals surface area (Å²) in [6.07, 6.45) is 1.80. The van der Waals surface area contributed by atoms with Gasteiger partial charge in [-0.15, -0.1) is 11.3 Å². The standard InChI is InChI=1S/C16H15ClN2S/c1-10-7-9-20-16(10)11(2)19-14-6-5-13(17)12-4-3-8-18-15(12)14/h3-9,11,19H,1-2H3. The van der Waals surface area contributed by atoms with Gasteiger partial charge >= 0.3 is 0 Å². The highest BCUT2D eigenvalue weighted by Crippen LogP contribution is 2.32. The van der Waals surface area contributed by atoms with E-state index in [2.05, 4.69) is 35.6 Å². The molecular formula is C16H15ClN2S. The minimum absolute atomic E-state index is 0.251. The number of anilines is 1. The smallest absolute Gasteiger partial charge is 0.0948 e. The number of thiophene rings is 1. The van der Waals surface area contributed by atoms with Crippen molar-refractivity contribution >= 4 is 39.5 Å². The maximum atomic E-state index is 6.22. The van der Waals surface area contributed by atoms with Crippen LogP contribution >= 0.6 is 22.9 Å². The zero-order valence-electron chi connectivity index (χ0n) is 11.4. The van der Waals surface area contributed by atoms with E-state index in [-0.39, 0.29) is 6.04 Å². The fourth-order valence-electron chi connectivity index (χ4n) is 2.38. The van der Waals surface area contributed by atoms with Gasteiger partial charge in [0.05, 0.1) is 22.3 Å². The number of benzene rings is 1. The first-order valence-corrected chi connectivity index (χ1v) is 7.76. The van der Waals surface area contributed by atoms with E-state index in [4.69, 9.17) is 11.6 Å². The van der Waals surface area contributed by atoms with Gasteiger partial charge in [-0.05, 0) is 55.1 Å². The highest BCUT2D eigenvalue weighted by atomic mass is 35.5. The SMILES string of the molecule is Cc1ccsc1C(C)Nc1ccc(Cl)c2cccnc12. The van der Waals surface area contributed by atoms with Crippen LogP contribution in [0.5, 0.6) is 0 Å². The number of nitrogens with one attached hydrogen (secondary N) is 1. The molecule has 0 spiro atoms. The maximum absolute atomic E-state index is 6.22. The van der Waals surface area contributed by atoms with Crippen LogP contribution in [-0.2, 0) is 0 Å². The van der Waals surface area contributed by atoms with Crippen LogP contribution in [0.4, 0.5) is 5.69 Å². The molecule has 0 bridgehead atoms. The van der Waals surface area contributed by atoms with Crippen LogP contribution < -0.4 is 5.32 Å². The average Bonchev–Trinajstić information content (AvgIpc) is 2.88. The molecule has 0 aliphatic rings. The third-order valence-electron chi connectivity index (χ3n) is 3.38. The lowest BCUT2D eigenvalue weighted by Crippen LogP contribution is -2.06. The van der Waals surface area contributed by atoms with E-state index in [1.54, 1.807) is 17.5 Å². The second-order valence-electron chi connectivity index (χ2n) is 4.83. The fraction of sp³-hybridized carbons (Fsp3) is 0.188. The second kappa shape index (κ2) is 5.43. The largest absolute Gasteiger partial charge is 0.376 e. The Morgan fingerprint density at radius 1 is 1.25 bits per heavy atom. The lowest BCUT2D eigenvalue weighted by molar-refractivity contribution is 0.900. The topological polar surface area (TPSA) is 24.9 Å². The number of hydrogen-bond donors (Lipinski definition) is 1. The van der Waals surface area contributed by atoms with E-state index in [0.29, 0.717) is 0 Å². The molecule has 3 aromatic rings. The maximum Gasteiger partial charge on any atom is 0.0948 e. The Kier molecular flexibility index (Phi) is 3.64. The number of rotatable bonds is 3. The minimum Gasteiger partial charge on any atom is -0.376 e. The van der Waals surface area contributed by atoms with E-state index in [1.807, 2.05) is 24.3 Å². The van der Waals surface area contributed by atoms with Gasteiger partial charge in [0.15, 0.2) is 0 Å². The quantitative estimate of drug-likeness (QED) is 0.697. The zero-order chi connectivity index (χ0) is 14.1. The van der Waals surface area contributed by atoms with Crippen molar-refractivity contribution in [3.63, 3.8) is 0 Å². The zero-order valence-corrected chi connectivity index (χ0v) is 12.9. The van der Waals surface area contributed by atoms with Crippen LogP contribution in [0.2, 0.25) is 5.02 Å². The van der Waals surface area contributed by atoms with Crippen molar-refractivity contribution in [1.29, 1.82) is 0 Å². The monoisotopic (exact) mass is 302 g/mol. The molecular weight excluding hydrogens is 288 g/mol. The van der Waals surface area contributed by atoms with Crippen LogP contribution in [0.25, 0.3) is 10.9 Å². The summed E-state index contributed by atoms with van der Waals surface area (Å²) in [6.45, 7) is 4.31. The van der Waals surface area contributed by atoms with Crippen LogP contribution in [0.15, 0.2) is 41.9 Å². The molecule has 20 heavy (non-hydrogen) atoms. The molecule has 0 aliphatic carbocycles. The molecule has 0 amide bonds. The molecule has 2 heterocycles. The van der Waals surface area contributed by atoms with Gasteiger partial charge in [-0.3, -0.25) is 4.98 Å². The predicted molar refractivity (Wildman–Crippen MR) is 87.8 cm³/mol. The predicted octanol–water partition coefficient (Wildman–Crippen LogP) is 5.43. The van der Waals surface area contributed by atoms with Gasteiger partial charge in [-0.2, -0.15) is 0 Å². The van der Waals surface area contributed by atoms with Crippen LogP contribution in [0.1, 0.15) is 23.4 Å². The van der Waals surface area contributed by atoms with Crippen LogP contribution in [0, 0.1) is 6.92 Å². The highest BCUT2D eigenvalue weighted by Gasteiger charge is 2.12. The fourth-order valence-corrected chi connectivity index (χ4v) is 3.53. The van der Waals surface area contributed by atoms with Crippen molar-refractivity contribution in [3.05, 3.63) is 57.4 Å². The number of pyridine rings is 1. The number of nitrogens with zero attached hydrogens (tertiary/aromatic N) is 1. The van der Waals surface area contributed by atoms with Gasteiger partial charge in [-0.25, -0.2) is 0 Å². The Morgan fingerprint density at radius 3 is 2.85 bits per heavy atom. The van der Waals surface area contributed by atoms with Crippen molar-refractivity contribution in [1.82, 2.24) is 4.98 Å². The Hall–Kier alpha value is -1.58. The lowest BCUT2D eigenvalue weighted by atomic mass is 10.1. The summed E-state index contributed by atoms with van der Waals surface area (Å²) >= 11 is 8.00. The third-order valence-corrected chi connectivity index (χ3v) is 4.91. The van der Waals surface area contributed by atoms with Gasteiger partial charge in [0.1, 0.15) is 0 Å². The summed E-state index contributed by atoms with van der Waals surface area (Å²) in [5.41, 5.74) is 3.26. The second-order valence-corrected chi connectivity index (χ2v) is 6.18. The molecule has 1 unspecified atom stereocenters. The Morgan fingerprint density at radius 2 is 2.10 bits per heavy atom. The summed E-state index contributed by atoms with van der Waals surface area (Å²) < 4.78 is 0. The molecule has 0 saturated carbocycles. The van der Waals surface area contributed by atoms with Crippen molar-refractivity contribution in [2.75, 3.05) is 5.32 Å². The average molecular weight is 303 g/mol. The summed E-state index contributed by atoms with van der Waals surface area (Å²) in [6, 6.07) is 10.2. The Balaban J connectivity index is 1.99. The van der Waals surface area contributed by atoms with Crippen molar-refractivity contribution in [2.24, 2.45) is 0 Å². The molecule has 0 radical (unpaired) electrons. The third kappa shape index (κ3) is 2.39. The molecule has 1 N–H and O–H groups in total. The first kappa shape index (κ1) is 13.4. The lowest BCUT2D eigenvalue weighted by Gasteiger charge is -2.16. The summed E-state index contributed by atoms with van der Waals surface area (Å²) in [4.78, 5) is 5.81. The van der Waals surface area contributed by atoms with Crippen molar-refractivity contribution in [3.8, 4) is 0 Å². The molecule has 2 aromatic heterocycles. The number of fused-ring (bicyclic) bond motifs is 1. The first-order valence-electron chi connectivity index (χ1n) is 6.50. The summed E-state index contributed by atoms with van der Waals surface area (Å²) in [5.74, 6) is 0. The number of aryl methyl sites for hydroxylation is 1. The molecule has 0 saturated heterocycles. The van der Waals surface area contributed by atoms with E-state index >= 15 is 0 Å². The van der Waals surface area contributed by atoms with E-state index in [9.17, 15) is 0 Å². The van der Waals surface area contributed by atoms with Crippen molar-refractivity contribution in [2.45, 2.75) is 19.9 Å². The van der Waals surface area contributed by atoms with E-state index < -0.39 is 0 Å². The molecule has 102 valence electrons. The van der Waals surface area contributed by atoms with Gasteiger partial charge in [-0.1, -0.05) is 11.6 Å². The van der Waals surface area contributed by atoms with Gasteiger partial charge in [0.25, 0.3) is 0 Å². The number of halogens is 1. The minimum atomic E-state index is 0.251. The van der Waals surface area contributed by atoms with Gasteiger partial charge in [0, 0.05) is 16.5 Å². The van der Waals surface area contributed by atoms with Crippen molar-refractivity contribution < 1.29 is 0 Å². The van der Waals surface area contributed by atoms with Crippen LogP contribution in [-0.4, -0.2) is 4.98 Å². The molecule has 2 nitrogen and oxygen atoms in total. The molecule has 1 aromatic carbocycles. The molecule has 0 fully saturated rings. The number of hydrogen-bond acceptors (Lipinski definition) is 3.